The van der Waals surface area contributed by atoms with Crippen LogP contribution < -0.4 is 5.32 Å². The van der Waals surface area contributed by atoms with Crippen LogP contribution in [0.2, 0.25) is 5.02 Å². The van der Waals surface area contributed by atoms with Crippen molar-refractivity contribution in [2.24, 2.45) is 0 Å². The van der Waals surface area contributed by atoms with Crippen LogP contribution in [-0.2, 0) is 11.2 Å². The fraction of sp³-hybridized carbons (Fsp3) is 0.174. The summed E-state index contributed by atoms with van der Waals surface area (Å²) in [5, 5.41) is 14.1. The highest BCUT2D eigenvalue weighted by atomic mass is 35.5. The number of imidazole rings is 1. The molecule has 0 aliphatic rings. The third-order valence-electron chi connectivity index (χ3n) is 4.71. The van der Waals surface area contributed by atoms with Gasteiger partial charge in [0, 0.05) is 10.7 Å². The van der Waals surface area contributed by atoms with Gasteiger partial charge in [0.15, 0.2) is 5.65 Å². The van der Waals surface area contributed by atoms with Crippen LogP contribution in [0.1, 0.15) is 24.5 Å². The van der Waals surface area contributed by atoms with Crippen molar-refractivity contribution in [3.63, 3.8) is 0 Å². The van der Waals surface area contributed by atoms with Crippen LogP contribution in [0.3, 0.4) is 0 Å². The van der Waals surface area contributed by atoms with Gasteiger partial charge in [0.2, 0.25) is 5.91 Å². The van der Waals surface area contributed by atoms with Crippen LogP contribution in [0.4, 0.5) is 5.69 Å². The first-order valence-electron chi connectivity index (χ1n) is 9.62. The molecule has 1 N–H and O–H groups in total. The fourth-order valence-electron chi connectivity index (χ4n) is 3.44. The van der Waals surface area contributed by atoms with Crippen LogP contribution in [0.25, 0.3) is 16.7 Å². The summed E-state index contributed by atoms with van der Waals surface area (Å²) in [6.07, 6.45) is 1.70. The highest BCUT2D eigenvalue weighted by Crippen LogP contribution is 2.30. The minimum Gasteiger partial charge on any atom is -0.325 e. The Labute approximate surface area is 183 Å². The summed E-state index contributed by atoms with van der Waals surface area (Å²) in [4.78, 5) is 17.2. The standard InChI is InChI=1S/C23H19ClN4OS/c1-2-6-15-11-22(30-14-21(29)26-17-8-5-7-16(24)12-17)28-20-10-4-3-9-19(20)27-23(28)18(15)13-25/h3-5,7-12H,2,6,14H2,1H3,(H,26,29). The molecular formula is C23H19ClN4OS. The number of para-hydroxylation sites is 2. The maximum absolute atomic E-state index is 12.5. The van der Waals surface area contributed by atoms with Crippen LogP contribution in [0, 0.1) is 11.3 Å². The van der Waals surface area contributed by atoms with E-state index in [0.717, 1.165) is 34.5 Å². The predicted octanol–water partition coefficient (Wildman–Crippen LogP) is 5.70. The van der Waals surface area contributed by atoms with Gasteiger partial charge >= 0.3 is 0 Å². The second kappa shape index (κ2) is 8.78. The van der Waals surface area contributed by atoms with Gasteiger partial charge in [-0.15, -0.1) is 0 Å². The molecule has 7 heteroatoms. The van der Waals surface area contributed by atoms with Gasteiger partial charge in [-0.1, -0.05) is 54.9 Å². The molecule has 1 amide bonds. The SMILES string of the molecule is CCCc1cc(SCC(=O)Nc2cccc(Cl)c2)n2c(nc3ccccc32)c1C#N. The Morgan fingerprint density at radius 2 is 2.07 bits per heavy atom. The van der Waals surface area contributed by atoms with E-state index in [1.54, 1.807) is 24.3 Å². The number of rotatable bonds is 6. The largest absolute Gasteiger partial charge is 0.325 e. The maximum Gasteiger partial charge on any atom is 0.234 e. The number of hydrogen-bond donors (Lipinski definition) is 1. The molecule has 0 unspecified atom stereocenters. The molecule has 30 heavy (non-hydrogen) atoms. The zero-order valence-electron chi connectivity index (χ0n) is 16.4. The van der Waals surface area contributed by atoms with Crippen molar-refractivity contribution in [3.05, 3.63) is 70.7 Å². The molecule has 0 saturated carbocycles. The molecular weight excluding hydrogens is 416 g/mol. The van der Waals surface area contributed by atoms with E-state index in [1.165, 1.54) is 11.8 Å². The Hall–Kier alpha value is -3.01. The number of halogens is 1. The van der Waals surface area contributed by atoms with Crippen molar-refractivity contribution < 1.29 is 4.79 Å². The Kier molecular flexibility index (Phi) is 5.93. The van der Waals surface area contributed by atoms with Gasteiger partial charge in [-0.2, -0.15) is 5.26 Å². The van der Waals surface area contributed by atoms with Crippen molar-refractivity contribution in [2.75, 3.05) is 11.1 Å². The first-order chi connectivity index (χ1) is 14.6. The second-order valence-corrected chi connectivity index (χ2v) is 8.28. The maximum atomic E-state index is 12.5. The summed E-state index contributed by atoms with van der Waals surface area (Å²) in [5.41, 5.74) is 4.61. The van der Waals surface area contributed by atoms with Gasteiger partial charge in [-0.25, -0.2) is 4.98 Å². The Bertz CT molecular complexity index is 1290. The quantitative estimate of drug-likeness (QED) is 0.395. The summed E-state index contributed by atoms with van der Waals surface area (Å²) >= 11 is 7.42. The summed E-state index contributed by atoms with van der Waals surface area (Å²) in [6.45, 7) is 2.08. The first-order valence-corrected chi connectivity index (χ1v) is 11.0. The van der Waals surface area contributed by atoms with Crippen molar-refractivity contribution in [1.29, 1.82) is 5.26 Å². The normalized spacial score (nSPS) is 11.0. The van der Waals surface area contributed by atoms with Crippen LogP contribution in [0.5, 0.6) is 0 Å². The van der Waals surface area contributed by atoms with E-state index in [-0.39, 0.29) is 11.7 Å². The topological polar surface area (TPSA) is 70.2 Å². The number of hydrogen-bond acceptors (Lipinski definition) is 4. The van der Waals surface area contributed by atoms with E-state index in [9.17, 15) is 10.1 Å². The summed E-state index contributed by atoms with van der Waals surface area (Å²) < 4.78 is 1.98. The van der Waals surface area contributed by atoms with Gasteiger partial charge in [0.25, 0.3) is 0 Å². The molecule has 0 spiro atoms. The van der Waals surface area contributed by atoms with E-state index in [2.05, 4.69) is 18.3 Å². The molecule has 150 valence electrons. The number of nitrogens with zero attached hydrogens (tertiary/aromatic N) is 3. The van der Waals surface area contributed by atoms with Crippen molar-refractivity contribution in [1.82, 2.24) is 9.38 Å². The lowest BCUT2D eigenvalue weighted by Gasteiger charge is -2.12. The summed E-state index contributed by atoms with van der Waals surface area (Å²) in [5.74, 6) is 0.104. The van der Waals surface area contributed by atoms with Gasteiger partial charge in [0.05, 0.1) is 27.4 Å². The lowest BCUT2D eigenvalue weighted by atomic mass is 10.1. The number of carbonyl (C=O) groups excluding carboxylic acids is 1. The minimum absolute atomic E-state index is 0.124. The lowest BCUT2D eigenvalue weighted by molar-refractivity contribution is -0.113. The van der Waals surface area contributed by atoms with Crippen molar-refractivity contribution in [2.45, 2.75) is 24.8 Å². The zero-order valence-corrected chi connectivity index (χ0v) is 17.9. The van der Waals surface area contributed by atoms with Gasteiger partial charge in [-0.05, 0) is 48.4 Å². The molecule has 0 saturated heterocycles. The number of aryl methyl sites for hydroxylation is 1. The van der Waals surface area contributed by atoms with Crippen LogP contribution >= 0.6 is 23.4 Å². The zero-order chi connectivity index (χ0) is 21.1. The predicted molar refractivity (Wildman–Crippen MR) is 122 cm³/mol. The third kappa shape index (κ3) is 4.00. The smallest absolute Gasteiger partial charge is 0.234 e. The second-order valence-electron chi connectivity index (χ2n) is 6.85. The summed E-state index contributed by atoms with van der Waals surface area (Å²) in [6, 6.07) is 19.2. The van der Waals surface area contributed by atoms with E-state index in [0.29, 0.717) is 21.9 Å². The van der Waals surface area contributed by atoms with Crippen LogP contribution in [0.15, 0.2) is 59.6 Å². The highest BCUT2D eigenvalue weighted by Gasteiger charge is 2.17. The average Bonchev–Trinajstić information content (AvgIpc) is 3.12. The van der Waals surface area contributed by atoms with Crippen molar-refractivity contribution >= 4 is 51.6 Å². The van der Waals surface area contributed by atoms with Crippen molar-refractivity contribution in [3.8, 4) is 6.07 Å². The monoisotopic (exact) mass is 434 g/mol. The number of carbonyl (C=O) groups is 1. The number of thioether (sulfide) groups is 1. The molecule has 4 rings (SSSR count). The first kappa shape index (κ1) is 20.3. The number of nitrogens with one attached hydrogen (secondary N) is 1. The number of nitriles is 1. The number of anilines is 1. The van der Waals surface area contributed by atoms with E-state index in [4.69, 9.17) is 16.6 Å². The molecule has 2 heterocycles. The van der Waals surface area contributed by atoms with Gasteiger partial charge < -0.3 is 5.32 Å². The number of pyridine rings is 1. The van der Waals surface area contributed by atoms with E-state index < -0.39 is 0 Å². The number of fused-ring (bicyclic) bond motifs is 3. The fourth-order valence-corrected chi connectivity index (χ4v) is 4.52. The summed E-state index contributed by atoms with van der Waals surface area (Å²) in [7, 11) is 0. The van der Waals surface area contributed by atoms with E-state index in [1.807, 2.05) is 34.7 Å². The Morgan fingerprint density at radius 1 is 1.23 bits per heavy atom. The van der Waals surface area contributed by atoms with E-state index >= 15 is 0 Å². The molecule has 4 aromatic rings. The number of benzene rings is 2. The van der Waals surface area contributed by atoms with Gasteiger partial charge in [0.1, 0.15) is 6.07 Å². The lowest BCUT2D eigenvalue weighted by Crippen LogP contribution is -2.14. The molecule has 0 aliphatic heterocycles. The molecule has 5 nitrogen and oxygen atoms in total. The molecule has 0 aliphatic carbocycles. The van der Waals surface area contributed by atoms with Gasteiger partial charge in [-0.3, -0.25) is 9.20 Å². The molecule has 0 radical (unpaired) electrons. The Morgan fingerprint density at radius 3 is 2.83 bits per heavy atom. The highest BCUT2D eigenvalue weighted by molar-refractivity contribution is 7.99. The van der Waals surface area contributed by atoms with Crippen LogP contribution in [-0.4, -0.2) is 21.0 Å². The number of amides is 1. The number of aromatic nitrogens is 2. The molecule has 0 bridgehead atoms. The molecule has 2 aromatic carbocycles. The Balaban J connectivity index is 1.70. The molecule has 0 fully saturated rings. The minimum atomic E-state index is -0.124. The molecule has 0 atom stereocenters. The third-order valence-corrected chi connectivity index (χ3v) is 5.95. The molecule has 2 aromatic heterocycles. The average molecular weight is 435 g/mol.